The number of aliphatic imine (C=N–C) groups is 2. The van der Waals surface area contributed by atoms with Crippen LogP contribution in [0.2, 0.25) is 18.1 Å². The first-order valence-electron chi connectivity index (χ1n) is 18.0. The summed E-state index contributed by atoms with van der Waals surface area (Å²) in [6.45, 7) is 11.9. The van der Waals surface area contributed by atoms with Crippen LogP contribution in [0.4, 0.5) is 9.18 Å². The standard InChI is InChI=1S/C41H49FN4O5Si/c1-41(2,3)52(4,5)51-32-20-18-31(19-21-32)36-28-46-38(34(44-36)26-29-15-11-10-12-16-29)45-35(39(46)47)27-30-17-22-37(33(42)25-30)50-24-14-9-7-6-8-13-23-43-40(48)49/h10-12,15-22,25,27-28,43H,6-9,13-14,23-24,26H2,1-5H3,(H,48,49). The predicted octanol–water partition coefficient (Wildman–Crippen LogP) is 9.47. The van der Waals surface area contributed by atoms with Crippen molar-refractivity contribution in [3.8, 4) is 11.5 Å². The van der Waals surface area contributed by atoms with Gasteiger partial charge in [-0.2, -0.15) is 0 Å². The van der Waals surface area contributed by atoms with Crippen molar-refractivity contribution < 1.29 is 28.2 Å². The van der Waals surface area contributed by atoms with Crippen LogP contribution in [0.5, 0.6) is 11.5 Å². The molecule has 2 aliphatic rings. The summed E-state index contributed by atoms with van der Waals surface area (Å²) in [5.41, 5.74) is 3.87. The number of unbranched alkanes of at least 4 members (excludes halogenated alkanes) is 5. The van der Waals surface area contributed by atoms with Gasteiger partial charge < -0.3 is 19.6 Å². The Hall–Kier alpha value is -5.03. The quantitative estimate of drug-likeness (QED) is 0.0869. The molecule has 2 N–H and O–H groups in total. The van der Waals surface area contributed by atoms with E-state index in [9.17, 15) is 9.59 Å². The van der Waals surface area contributed by atoms with Crippen molar-refractivity contribution in [1.29, 1.82) is 0 Å². The van der Waals surface area contributed by atoms with Crippen LogP contribution in [0, 0.1) is 5.82 Å². The molecule has 0 bridgehead atoms. The first-order valence-corrected chi connectivity index (χ1v) is 20.9. The molecule has 0 aromatic heterocycles. The van der Waals surface area contributed by atoms with Crippen molar-refractivity contribution in [2.75, 3.05) is 13.2 Å². The predicted molar refractivity (Wildman–Crippen MR) is 208 cm³/mol. The number of nitrogens with zero attached hydrogens (tertiary/aromatic N) is 3. The van der Waals surface area contributed by atoms with Crippen LogP contribution >= 0.6 is 0 Å². The molecule has 0 unspecified atom stereocenters. The van der Waals surface area contributed by atoms with Gasteiger partial charge in [0.05, 0.1) is 18.0 Å². The van der Waals surface area contributed by atoms with Gasteiger partial charge in [0, 0.05) is 24.7 Å². The van der Waals surface area contributed by atoms with E-state index in [2.05, 4.69) is 39.2 Å². The molecule has 2 aliphatic heterocycles. The van der Waals surface area contributed by atoms with Gasteiger partial charge in [0.15, 0.2) is 17.4 Å². The van der Waals surface area contributed by atoms with Crippen LogP contribution in [-0.2, 0) is 11.2 Å². The lowest BCUT2D eigenvalue weighted by Crippen LogP contribution is -2.43. The van der Waals surface area contributed by atoms with Crippen molar-refractivity contribution in [3.63, 3.8) is 0 Å². The van der Waals surface area contributed by atoms with Gasteiger partial charge in [-0.05, 0) is 84.6 Å². The molecule has 11 heteroatoms. The molecule has 2 heterocycles. The molecule has 0 spiro atoms. The monoisotopic (exact) mass is 724 g/mol. The Morgan fingerprint density at radius 3 is 2.31 bits per heavy atom. The number of amides is 2. The van der Waals surface area contributed by atoms with Crippen LogP contribution in [0.25, 0.3) is 11.8 Å². The molecule has 5 rings (SSSR count). The summed E-state index contributed by atoms with van der Waals surface area (Å²) in [5.74, 6) is 0.605. The zero-order valence-electron chi connectivity index (χ0n) is 30.7. The molecule has 2 amide bonds. The SMILES string of the molecule is CC(C)(C)[Si](C)(C)Oc1ccc(C2=CN3C(=O)C(=Cc4ccc(OCCCCCCCCNC(=O)O)c(F)c4)N=C3C(Cc3ccccc3)=N2)cc1. The summed E-state index contributed by atoms with van der Waals surface area (Å²) < 4.78 is 27.3. The third-order valence-corrected chi connectivity index (χ3v) is 13.9. The fraction of sp³-hybridized carbons (Fsp3) is 0.366. The van der Waals surface area contributed by atoms with Gasteiger partial charge in [0.2, 0.25) is 8.32 Å². The first-order chi connectivity index (χ1) is 24.8. The highest BCUT2D eigenvalue weighted by atomic mass is 28.4. The van der Waals surface area contributed by atoms with Gasteiger partial charge >= 0.3 is 6.09 Å². The van der Waals surface area contributed by atoms with Gasteiger partial charge in [-0.3, -0.25) is 9.69 Å². The van der Waals surface area contributed by atoms with Gasteiger partial charge in [0.25, 0.3) is 5.91 Å². The average Bonchev–Trinajstić information content (AvgIpc) is 3.41. The third-order valence-electron chi connectivity index (χ3n) is 9.57. The fourth-order valence-corrected chi connectivity index (χ4v) is 6.61. The van der Waals surface area contributed by atoms with Crippen LogP contribution < -0.4 is 14.5 Å². The smallest absolute Gasteiger partial charge is 0.404 e. The number of carbonyl (C=O) groups excluding carboxylic acids is 1. The number of amidine groups is 1. The zero-order valence-corrected chi connectivity index (χ0v) is 31.7. The summed E-state index contributed by atoms with van der Waals surface area (Å²) in [6, 6.07) is 22.4. The molecule has 0 radical (unpaired) electrons. The van der Waals surface area contributed by atoms with Gasteiger partial charge in [-0.15, -0.1) is 0 Å². The molecule has 52 heavy (non-hydrogen) atoms. The maximum absolute atomic E-state index is 15.1. The van der Waals surface area contributed by atoms with Crippen LogP contribution in [0.1, 0.15) is 76.0 Å². The number of rotatable bonds is 16. The zero-order chi connectivity index (χ0) is 37.3. The number of hydrogen-bond acceptors (Lipinski definition) is 6. The molecule has 0 atom stereocenters. The largest absolute Gasteiger partial charge is 0.544 e. The Bertz CT molecular complexity index is 1860. The minimum atomic E-state index is -2.01. The maximum atomic E-state index is 15.1. The summed E-state index contributed by atoms with van der Waals surface area (Å²) >= 11 is 0. The summed E-state index contributed by atoms with van der Waals surface area (Å²) in [5, 5.41) is 11.0. The molecule has 3 aromatic rings. The second-order valence-corrected chi connectivity index (χ2v) is 19.4. The molecule has 0 saturated heterocycles. The minimum Gasteiger partial charge on any atom is -0.544 e. The van der Waals surface area contributed by atoms with E-state index in [0.29, 0.717) is 42.4 Å². The van der Waals surface area contributed by atoms with Crippen molar-refractivity contribution >= 4 is 43.6 Å². The third kappa shape index (κ3) is 10.1. The van der Waals surface area contributed by atoms with Gasteiger partial charge in [-0.25, -0.2) is 19.2 Å². The normalized spacial score (nSPS) is 15.2. The van der Waals surface area contributed by atoms with Crippen LogP contribution in [0.3, 0.4) is 0 Å². The molecule has 3 aromatic carbocycles. The van der Waals surface area contributed by atoms with Crippen LogP contribution in [0.15, 0.2) is 94.7 Å². The number of halogens is 1. The van der Waals surface area contributed by atoms with E-state index in [1.165, 1.54) is 11.0 Å². The second-order valence-electron chi connectivity index (χ2n) is 14.7. The highest BCUT2D eigenvalue weighted by Crippen LogP contribution is 2.38. The Morgan fingerprint density at radius 2 is 1.63 bits per heavy atom. The van der Waals surface area contributed by atoms with Gasteiger partial charge in [-0.1, -0.05) is 82.9 Å². The first kappa shape index (κ1) is 38.2. The number of ether oxygens (including phenoxy) is 1. The number of carboxylic acid groups (broad SMARTS) is 1. The van der Waals surface area contributed by atoms with Crippen molar-refractivity contribution in [2.24, 2.45) is 9.98 Å². The molecular formula is C41H49FN4O5Si. The summed E-state index contributed by atoms with van der Waals surface area (Å²) in [6.07, 6.45) is 8.31. The van der Waals surface area contributed by atoms with E-state index in [0.717, 1.165) is 55.4 Å². The van der Waals surface area contributed by atoms with Crippen LogP contribution in [-0.4, -0.2) is 55.0 Å². The number of carbonyl (C=O) groups is 2. The van der Waals surface area contributed by atoms with Crippen molar-refractivity contribution in [1.82, 2.24) is 10.2 Å². The second kappa shape index (κ2) is 17.0. The van der Waals surface area contributed by atoms with E-state index in [-0.39, 0.29) is 22.4 Å². The molecule has 0 fully saturated rings. The number of nitrogens with one attached hydrogen (secondary N) is 1. The lowest BCUT2D eigenvalue weighted by Gasteiger charge is -2.36. The minimum absolute atomic E-state index is 0.0694. The summed E-state index contributed by atoms with van der Waals surface area (Å²) in [4.78, 5) is 35.5. The lowest BCUT2D eigenvalue weighted by molar-refractivity contribution is -0.120. The number of benzene rings is 3. The maximum Gasteiger partial charge on any atom is 0.404 e. The topological polar surface area (TPSA) is 113 Å². The molecule has 274 valence electrons. The number of hydrogen-bond donors (Lipinski definition) is 2. The van der Waals surface area contributed by atoms with E-state index >= 15 is 4.39 Å². The summed E-state index contributed by atoms with van der Waals surface area (Å²) in [7, 11) is -2.01. The highest BCUT2D eigenvalue weighted by molar-refractivity contribution is 6.74. The Kier molecular flexibility index (Phi) is 12.5. The van der Waals surface area contributed by atoms with Crippen molar-refractivity contribution in [2.45, 2.75) is 83.8 Å². The molecule has 9 nitrogen and oxygen atoms in total. The molecular weight excluding hydrogens is 676 g/mol. The Labute approximate surface area is 307 Å². The van der Waals surface area contributed by atoms with Gasteiger partial charge in [0.1, 0.15) is 11.4 Å². The average molecular weight is 725 g/mol. The Balaban J connectivity index is 1.26. The lowest BCUT2D eigenvalue weighted by atomic mass is 10.0. The highest BCUT2D eigenvalue weighted by Gasteiger charge is 2.39. The van der Waals surface area contributed by atoms with E-state index in [1.807, 2.05) is 54.6 Å². The van der Waals surface area contributed by atoms with E-state index in [1.54, 1.807) is 24.4 Å². The molecule has 0 aliphatic carbocycles. The fourth-order valence-electron chi connectivity index (χ4n) is 5.58. The van der Waals surface area contributed by atoms with E-state index < -0.39 is 20.2 Å². The Morgan fingerprint density at radius 1 is 0.942 bits per heavy atom. The van der Waals surface area contributed by atoms with E-state index in [4.69, 9.17) is 24.3 Å². The van der Waals surface area contributed by atoms with Crippen molar-refractivity contribution in [3.05, 3.63) is 107 Å². The number of fused-ring (bicyclic) bond motifs is 1. The molecule has 0 saturated carbocycles.